The van der Waals surface area contributed by atoms with Crippen LogP contribution in [0.25, 0.3) is 0 Å². The summed E-state index contributed by atoms with van der Waals surface area (Å²) in [6, 6.07) is 10.3. The zero-order valence-corrected chi connectivity index (χ0v) is 16.6. The number of nitro groups is 1. The van der Waals surface area contributed by atoms with Crippen molar-refractivity contribution in [2.75, 3.05) is 17.1 Å². The number of halogens is 1. The molecule has 0 spiro atoms. The minimum absolute atomic E-state index is 0.114. The average molecular weight is 425 g/mol. The van der Waals surface area contributed by atoms with Gasteiger partial charge >= 0.3 is 0 Å². The van der Waals surface area contributed by atoms with Gasteiger partial charge in [0.25, 0.3) is 11.6 Å². The molecular weight excluding hydrogens is 408 g/mol. The lowest BCUT2D eigenvalue weighted by Crippen LogP contribution is -2.39. The number of nitro benzene ring substituents is 1. The Morgan fingerprint density at radius 3 is 2.64 bits per heavy atom. The lowest BCUT2D eigenvalue weighted by molar-refractivity contribution is -0.384. The van der Waals surface area contributed by atoms with Gasteiger partial charge in [0.2, 0.25) is 10.0 Å². The van der Waals surface area contributed by atoms with Crippen LogP contribution < -0.4 is 9.73 Å². The molecule has 0 saturated carbocycles. The summed E-state index contributed by atoms with van der Waals surface area (Å²) in [5, 5.41) is 14.9. The van der Waals surface area contributed by atoms with E-state index in [1.807, 2.05) is 0 Å². The van der Waals surface area contributed by atoms with Crippen molar-refractivity contribution in [2.45, 2.75) is 6.92 Å². The van der Waals surface area contributed by atoms with Crippen LogP contribution in [-0.4, -0.2) is 38.3 Å². The Labute approximate surface area is 166 Å². The van der Waals surface area contributed by atoms with Gasteiger partial charge in [0.15, 0.2) is 0 Å². The predicted molar refractivity (Wildman–Crippen MR) is 107 cm³/mol. The maximum absolute atomic E-state index is 12.2. The van der Waals surface area contributed by atoms with Gasteiger partial charge in [-0.2, -0.15) is 5.10 Å². The zero-order chi connectivity index (χ0) is 20.9. The van der Waals surface area contributed by atoms with Crippen molar-refractivity contribution in [3.63, 3.8) is 0 Å². The number of non-ortho nitro benzene ring substituents is 1. The summed E-state index contributed by atoms with van der Waals surface area (Å²) >= 11 is 5.89. The molecular formula is C17H17ClN4O5S. The van der Waals surface area contributed by atoms with Crippen molar-refractivity contribution in [3.8, 4) is 0 Å². The molecule has 2 rings (SSSR count). The van der Waals surface area contributed by atoms with Crippen LogP contribution in [0.5, 0.6) is 0 Å². The van der Waals surface area contributed by atoms with E-state index in [0.717, 1.165) is 10.6 Å². The highest BCUT2D eigenvalue weighted by Gasteiger charge is 2.22. The summed E-state index contributed by atoms with van der Waals surface area (Å²) in [5.41, 5.74) is 3.42. The molecule has 0 aromatic heterocycles. The van der Waals surface area contributed by atoms with E-state index >= 15 is 0 Å². The van der Waals surface area contributed by atoms with E-state index < -0.39 is 27.4 Å². The third-order valence-corrected chi connectivity index (χ3v) is 4.96. The van der Waals surface area contributed by atoms with Crippen molar-refractivity contribution < 1.29 is 18.1 Å². The number of hydrazone groups is 1. The van der Waals surface area contributed by atoms with Crippen molar-refractivity contribution in [1.29, 1.82) is 0 Å². The highest BCUT2D eigenvalue weighted by molar-refractivity contribution is 7.92. The molecule has 0 atom stereocenters. The molecule has 28 heavy (non-hydrogen) atoms. The molecule has 0 aliphatic heterocycles. The van der Waals surface area contributed by atoms with Gasteiger partial charge in [-0.15, -0.1) is 0 Å². The number of hydrogen-bond donors (Lipinski definition) is 1. The maximum Gasteiger partial charge on any atom is 0.270 e. The summed E-state index contributed by atoms with van der Waals surface area (Å²) in [6.45, 7) is 1.19. The molecule has 11 heteroatoms. The van der Waals surface area contributed by atoms with Gasteiger partial charge in [-0.1, -0.05) is 23.7 Å². The van der Waals surface area contributed by atoms with Gasteiger partial charge in [-0.05, 0) is 30.7 Å². The van der Waals surface area contributed by atoms with Gasteiger partial charge < -0.3 is 0 Å². The Hall–Kier alpha value is -2.98. The quantitative estimate of drug-likeness (QED) is 0.415. The van der Waals surface area contributed by atoms with Gasteiger partial charge in [0.05, 0.1) is 23.1 Å². The van der Waals surface area contributed by atoms with E-state index in [0.29, 0.717) is 21.8 Å². The summed E-state index contributed by atoms with van der Waals surface area (Å²) in [6.07, 6.45) is 2.21. The molecule has 1 N–H and O–H groups in total. The van der Waals surface area contributed by atoms with E-state index in [9.17, 15) is 23.3 Å². The van der Waals surface area contributed by atoms with Crippen LogP contribution in [0.2, 0.25) is 5.02 Å². The SMILES string of the molecule is Cc1cc(Cl)ccc1N(CC(=O)N/N=C\c1cccc([N+](=O)[O-])c1)S(C)(=O)=O. The van der Waals surface area contributed by atoms with Crippen LogP contribution in [0, 0.1) is 17.0 Å². The molecule has 2 aromatic carbocycles. The van der Waals surface area contributed by atoms with Crippen molar-refractivity contribution in [3.05, 3.63) is 68.7 Å². The zero-order valence-electron chi connectivity index (χ0n) is 15.0. The van der Waals surface area contributed by atoms with E-state index in [-0.39, 0.29) is 5.69 Å². The lowest BCUT2D eigenvalue weighted by Gasteiger charge is -2.23. The number of hydrogen-bond acceptors (Lipinski definition) is 6. The number of carbonyl (C=O) groups excluding carboxylic acids is 1. The van der Waals surface area contributed by atoms with Crippen LogP contribution in [0.15, 0.2) is 47.6 Å². The fraction of sp³-hybridized carbons (Fsp3) is 0.176. The van der Waals surface area contributed by atoms with Crippen LogP contribution in [-0.2, 0) is 14.8 Å². The Kier molecular flexibility index (Phi) is 6.71. The molecule has 0 aliphatic carbocycles. The first-order valence-corrected chi connectivity index (χ1v) is 10.1. The molecule has 2 aromatic rings. The number of aryl methyl sites for hydroxylation is 1. The average Bonchev–Trinajstić information content (AvgIpc) is 2.59. The molecule has 0 fully saturated rings. The molecule has 9 nitrogen and oxygen atoms in total. The molecule has 0 bridgehead atoms. The monoisotopic (exact) mass is 424 g/mol. The van der Waals surface area contributed by atoms with E-state index in [2.05, 4.69) is 10.5 Å². The third-order valence-electron chi connectivity index (χ3n) is 3.60. The Bertz CT molecular complexity index is 1040. The minimum Gasteiger partial charge on any atom is -0.271 e. The van der Waals surface area contributed by atoms with Crippen molar-refractivity contribution in [2.24, 2.45) is 5.10 Å². The van der Waals surface area contributed by atoms with E-state index in [4.69, 9.17) is 11.6 Å². The molecule has 148 valence electrons. The molecule has 0 saturated heterocycles. The molecule has 0 radical (unpaired) electrons. The van der Waals surface area contributed by atoms with E-state index in [1.54, 1.807) is 19.1 Å². The minimum atomic E-state index is -3.74. The second kappa shape index (κ2) is 8.81. The van der Waals surface area contributed by atoms with Crippen LogP contribution >= 0.6 is 11.6 Å². The number of rotatable bonds is 7. The largest absolute Gasteiger partial charge is 0.271 e. The number of carbonyl (C=O) groups is 1. The lowest BCUT2D eigenvalue weighted by atomic mass is 10.2. The first-order chi connectivity index (χ1) is 13.1. The number of benzene rings is 2. The van der Waals surface area contributed by atoms with Gasteiger partial charge in [0.1, 0.15) is 6.54 Å². The second-order valence-corrected chi connectivity index (χ2v) is 8.19. The topological polar surface area (TPSA) is 122 Å². The van der Waals surface area contributed by atoms with Crippen LogP contribution in [0.1, 0.15) is 11.1 Å². The first-order valence-electron chi connectivity index (χ1n) is 7.88. The fourth-order valence-electron chi connectivity index (χ4n) is 2.34. The number of nitrogens with zero attached hydrogens (tertiary/aromatic N) is 3. The molecule has 0 unspecified atom stereocenters. The Morgan fingerprint density at radius 2 is 2.04 bits per heavy atom. The predicted octanol–water partition coefficient (Wildman–Crippen LogP) is 2.47. The number of amides is 1. The summed E-state index contributed by atoms with van der Waals surface area (Å²) < 4.78 is 25.2. The maximum atomic E-state index is 12.2. The molecule has 1 amide bonds. The van der Waals surface area contributed by atoms with Crippen LogP contribution in [0.4, 0.5) is 11.4 Å². The van der Waals surface area contributed by atoms with Crippen molar-refractivity contribution >= 4 is 45.1 Å². The normalized spacial score (nSPS) is 11.4. The Morgan fingerprint density at radius 1 is 1.32 bits per heavy atom. The number of sulfonamides is 1. The molecule has 0 heterocycles. The van der Waals surface area contributed by atoms with Crippen LogP contribution in [0.3, 0.4) is 0 Å². The smallest absolute Gasteiger partial charge is 0.270 e. The third kappa shape index (κ3) is 5.76. The Balaban J connectivity index is 2.12. The highest BCUT2D eigenvalue weighted by Crippen LogP contribution is 2.25. The molecule has 0 aliphatic rings. The van der Waals surface area contributed by atoms with E-state index in [1.165, 1.54) is 36.5 Å². The number of anilines is 1. The standard InChI is InChI=1S/C17H17ClN4O5S/c1-12-8-14(18)6-7-16(12)21(28(2,26)27)11-17(23)20-19-10-13-4-3-5-15(9-13)22(24)25/h3-10H,11H2,1-2H3,(H,20,23)/b19-10-. The van der Waals surface area contributed by atoms with Gasteiger partial charge in [-0.25, -0.2) is 13.8 Å². The second-order valence-electron chi connectivity index (χ2n) is 5.85. The highest BCUT2D eigenvalue weighted by atomic mass is 35.5. The first kappa shape index (κ1) is 21.3. The summed E-state index contributed by atoms with van der Waals surface area (Å²) in [5.74, 6) is -0.679. The number of nitrogens with one attached hydrogen (secondary N) is 1. The van der Waals surface area contributed by atoms with Gasteiger partial charge in [-0.3, -0.25) is 19.2 Å². The van der Waals surface area contributed by atoms with Gasteiger partial charge in [0, 0.05) is 22.7 Å². The summed E-state index contributed by atoms with van der Waals surface area (Å²) in [4.78, 5) is 22.4. The summed E-state index contributed by atoms with van der Waals surface area (Å²) in [7, 11) is -3.74. The van der Waals surface area contributed by atoms with Crippen molar-refractivity contribution in [1.82, 2.24) is 5.43 Å². The fourth-order valence-corrected chi connectivity index (χ4v) is 3.48.